The van der Waals surface area contributed by atoms with Gasteiger partial charge in [0, 0.05) is 17.1 Å². The van der Waals surface area contributed by atoms with E-state index in [-0.39, 0.29) is 10.8 Å². The van der Waals surface area contributed by atoms with Crippen molar-refractivity contribution in [1.82, 2.24) is 19.5 Å². The second kappa shape index (κ2) is 5.26. The van der Waals surface area contributed by atoms with Crippen molar-refractivity contribution in [3.05, 3.63) is 38.7 Å². The first kappa shape index (κ1) is 13.1. The number of hydrogen-bond acceptors (Lipinski definition) is 5. The van der Waals surface area contributed by atoms with Crippen LogP contribution < -0.4 is 9.61 Å². The predicted molar refractivity (Wildman–Crippen MR) is 77.7 cm³/mol. The molecule has 0 bridgehead atoms. The minimum absolute atomic E-state index is 0.0811. The number of halogens is 1. The number of nitrogens with one attached hydrogen (secondary N) is 1. The Morgan fingerprint density at radius 1 is 1.45 bits per heavy atom. The molecule has 0 saturated heterocycles. The summed E-state index contributed by atoms with van der Waals surface area (Å²) in [5.41, 5.74) is 2.24. The standard InChI is InChI=1S/C12H11ClN4O2S/c1-19-10-3-2-8-11(16-10)17(9(4-13)15-8)5-7-6-20-12(18)14-7/h2-3,6H,4-5H2,1H3,(H,14,18). The molecule has 3 aromatic rings. The second-order valence-electron chi connectivity index (χ2n) is 4.12. The van der Waals surface area contributed by atoms with E-state index in [1.54, 1.807) is 18.6 Å². The first-order valence-corrected chi connectivity index (χ1v) is 7.25. The molecule has 0 fully saturated rings. The number of methoxy groups -OCH3 is 1. The van der Waals surface area contributed by atoms with Gasteiger partial charge in [-0.2, -0.15) is 4.98 Å². The van der Waals surface area contributed by atoms with Crippen LogP contribution in [-0.4, -0.2) is 26.6 Å². The van der Waals surface area contributed by atoms with Crippen molar-refractivity contribution in [2.45, 2.75) is 12.4 Å². The molecule has 20 heavy (non-hydrogen) atoms. The highest BCUT2D eigenvalue weighted by atomic mass is 35.5. The summed E-state index contributed by atoms with van der Waals surface area (Å²) in [7, 11) is 1.56. The number of alkyl halides is 1. The SMILES string of the molecule is COc1ccc2nc(CCl)n(Cc3csc(=O)[nH]3)c2n1. The molecule has 3 aromatic heterocycles. The molecule has 0 atom stereocenters. The Kier molecular flexibility index (Phi) is 3.45. The molecule has 0 saturated carbocycles. The topological polar surface area (TPSA) is 72.8 Å². The minimum Gasteiger partial charge on any atom is -0.481 e. The number of thiazole rings is 1. The quantitative estimate of drug-likeness (QED) is 0.748. The van der Waals surface area contributed by atoms with Crippen molar-refractivity contribution >= 4 is 34.1 Å². The molecule has 0 aromatic carbocycles. The third kappa shape index (κ3) is 2.30. The number of rotatable bonds is 4. The molecule has 0 aliphatic carbocycles. The van der Waals surface area contributed by atoms with Gasteiger partial charge in [-0.15, -0.1) is 11.6 Å². The number of pyridine rings is 1. The fourth-order valence-electron chi connectivity index (χ4n) is 1.97. The Balaban J connectivity index is 2.13. The van der Waals surface area contributed by atoms with Crippen LogP contribution in [0.25, 0.3) is 11.2 Å². The van der Waals surface area contributed by atoms with Crippen LogP contribution in [0.3, 0.4) is 0 Å². The molecule has 3 rings (SSSR count). The van der Waals surface area contributed by atoms with Crippen molar-refractivity contribution in [3.63, 3.8) is 0 Å². The van der Waals surface area contributed by atoms with Gasteiger partial charge in [0.2, 0.25) is 5.88 Å². The first-order chi connectivity index (χ1) is 9.71. The van der Waals surface area contributed by atoms with Crippen LogP contribution in [0.1, 0.15) is 11.5 Å². The number of fused-ring (bicyclic) bond motifs is 1. The molecular formula is C12H11ClN4O2S. The third-order valence-electron chi connectivity index (χ3n) is 2.87. The molecule has 0 amide bonds. The number of ether oxygens (including phenoxy) is 1. The lowest BCUT2D eigenvalue weighted by molar-refractivity contribution is 0.399. The van der Waals surface area contributed by atoms with E-state index in [9.17, 15) is 4.79 Å². The van der Waals surface area contributed by atoms with E-state index in [0.717, 1.165) is 22.5 Å². The highest BCUT2D eigenvalue weighted by Crippen LogP contribution is 2.20. The predicted octanol–water partition coefficient (Wildman–Crippen LogP) is 1.98. The van der Waals surface area contributed by atoms with Gasteiger partial charge in [0.15, 0.2) is 5.65 Å². The van der Waals surface area contributed by atoms with Gasteiger partial charge in [-0.25, -0.2) is 4.98 Å². The second-order valence-corrected chi connectivity index (χ2v) is 5.23. The van der Waals surface area contributed by atoms with E-state index in [4.69, 9.17) is 16.3 Å². The number of aromatic amines is 1. The molecule has 0 radical (unpaired) electrons. The molecule has 0 unspecified atom stereocenters. The average Bonchev–Trinajstić information content (AvgIpc) is 3.03. The Labute approximate surface area is 123 Å². The van der Waals surface area contributed by atoms with E-state index in [2.05, 4.69) is 15.0 Å². The number of nitrogens with zero attached hydrogens (tertiary/aromatic N) is 3. The number of aromatic nitrogens is 4. The maximum Gasteiger partial charge on any atom is 0.304 e. The minimum atomic E-state index is -0.0811. The van der Waals surface area contributed by atoms with Crippen molar-refractivity contribution < 1.29 is 4.74 Å². The van der Waals surface area contributed by atoms with Gasteiger partial charge >= 0.3 is 4.87 Å². The average molecular weight is 311 g/mol. The maximum atomic E-state index is 11.2. The largest absolute Gasteiger partial charge is 0.481 e. The molecule has 8 heteroatoms. The third-order valence-corrected chi connectivity index (χ3v) is 3.83. The Bertz CT molecular complexity index is 807. The fraction of sp³-hybridized carbons (Fsp3) is 0.250. The summed E-state index contributed by atoms with van der Waals surface area (Å²) in [6.07, 6.45) is 0. The summed E-state index contributed by atoms with van der Waals surface area (Å²) in [5, 5.41) is 1.78. The lowest BCUT2D eigenvalue weighted by Gasteiger charge is -2.05. The molecule has 104 valence electrons. The summed E-state index contributed by atoms with van der Waals surface area (Å²) < 4.78 is 7.01. The van der Waals surface area contributed by atoms with Crippen LogP contribution >= 0.6 is 22.9 Å². The zero-order chi connectivity index (χ0) is 14.1. The van der Waals surface area contributed by atoms with Gasteiger partial charge in [0.05, 0.1) is 19.5 Å². The molecular weight excluding hydrogens is 300 g/mol. The smallest absolute Gasteiger partial charge is 0.304 e. The molecule has 0 spiro atoms. The van der Waals surface area contributed by atoms with Gasteiger partial charge in [-0.05, 0) is 6.07 Å². The van der Waals surface area contributed by atoms with E-state index in [0.29, 0.717) is 23.9 Å². The summed E-state index contributed by atoms with van der Waals surface area (Å²) in [4.78, 5) is 22.7. The van der Waals surface area contributed by atoms with Gasteiger partial charge in [0.1, 0.15) is 11.3 Å². The van der Waals surface area contributed by atoms with Gasteiger partial charge < -0.3 is 14.3 Å². The number of hydrogen-bond donors (Lipinski definition) is 1. The van der Waals surface area contributed by atoms with E-state index in [1.807, 2.05) is 10.6 Å². The van der Waals surface area contributed by atoms with Crippen molar-refractivity contribution in [2.24, 2.45) is 0 Å². The van der Waals surface area contributed by atoms with Gasteiger partial charge in [-0.3, -0.25) is 4.79 Å². The van der Waals surface area contributed by atoms with Crippen molar-refractivity contribution in [3.8, 4) is 5.88 Å². The summed E-state index contributed by atoms with van der Waals surface area (Å²) >= 11 is 7.07. The lowest BCUT2D eigenvalue weighted by Crippen LogP contribution is -2.07. The van der Waals surface area contributed by atoms with Crippen molar-refractivity contribution in [1.29, 1.82) is 0 Å². The van der Waals surface area contributed by atoms with Crippen LogP contribution in [0.4, 0.5) is 0 Å². The van der Waals surface area contributed by atoms with Crippen LogP contribution in [-0.2, 0) is 12.4 Å². The molecule has 6 nitrogen and oxygen atoms in total. The zero-order valence-electron chi connectivity index (χ0n) is 10.6. The highest BCUT2D eigenvalue weighted by molar-refractivity contribution is 7.07. The Hall–Kier alpha value is -1.86. The van der Waals surface area contributed by atoms with Crippen molar-refractivity contribution in [2.75, 3.05) is 7.11 Å². The Morgan fingerprint density at radius 3 is 2.95 bits per heavy atom. The Morgan fingerprint density at radius 2 is 2.30 bits per heavy atom. The molecule has 0 aliphatic heterocycles. The summed E-state index contributed by atoms with van der Waals surface area (Å²) in [5.74, 6) is 1.49. The molecule has 3 heterocycles. The van der Waals surface area contributed by atoms with Gasteiger partial charge in [0.25, 0.3) is 0 Å². The zero-order valence-corrected chi connectivity index (χ0v) is 12.2. The van der Waals surface area contributed by atoms with Crippen LogP contribution in [0.15, 0.2) is 22.3 Å². The van der Waals surface area contributed by atoms with E-state index >= 15 is 0 Å². The van der Waals surface area contributed by atoms with Crippen LogP contribution in [0.5, 0.6) is 5.88 Å². The van der Waals surface area contributed by atoms with E-state index < -0.39 is 0 Å². The number of H-pyrrole nitrogens is 1. The number of imidazole rings is 1. The van der Waals surface area contributed by atoms with Gasteiger partial charge in [-0.1, -0.05) is 11.3 Å². The molecule has 1 N–H and O–H groups in total. The summed E-state index contributed by atoms with van der Waals surface area (Å²) in [6, 6.07) is 3.59. The molecule has 0 aliphatic rings. The monoisotopic (exact) mass is 310 g/mol. The summed E-state index contributed by atoms with van der Waals surface area (Å²) in [6.45, 7) is 0.470. The highest BCUT2D eigenvalue weighted by Gasteiger charge is 2.13. The van der Waals surface area contributed by atoms with Crippen LogP contribution in [0.2, 0.25) is 0 Å². The first-order valence-electron chi connectivity index (χ1n) is 5.84. The fourth-order valence-corrected chi connectivity index (χ4v) is 2.75. The van der Waals surface area contributed by atoms with Crippen LogP contribution in [0, 0.1) is 0 Å². The normalized spacial score (nSPS) is 11.1. The lowest BCUT2D eigenvalue weighted by atomic mass is 10.4. The van der Waals surface area contributed by atoms with E-state index in [1.165, 1.54) is 0 Å². The maximum absolute atomic E-state index is 11.2.